The van der Waals surface area contributed by atoms with Gasteiger partial charge in [-0.25, -0.2) is 0 Å². The minimum Gasteiger partial charge on any atom is -0.305 e. The smallest absolute Gasteiger partial charge is 0.0708 e. The normalized spacial score (nSPS) is 15.1. The lowest BCUT2D eigenvalue weighted by molar-refractivity contribution is 0.939. The van der Waals surface area contributed by atoms with Crippen molar-refractivity contribution < 1.29 is 0 Å². The summed E-state index contributed by atoms with van der Waals surface area (Å²) in [7, 11) is 0. The van der Waals surface area contributed by atoms with Gasteiger partial charge in [0.25, 0.3) is 0 Å². The molecule has 0 saturated carbocycles. The number of rotatable bonds is 8. The van der Waals surface area contributed by atoms with E-state index in [1.807, 2.05) is 58.2 Å². The standard InChI is InChI=1S/C29H34N2/c1-8-23-14-16-25(17-15-23)26(10-3)21(6)27(28-13-11-12-18-31-28)19-24(9-2)29(20(4)5)22(7)30/h8-14,16,18-19,30H,1,6,15,17H2,2-5,7H3/b24-9+,26-10+,27-19+,30-22?. The van der Waals surface area contributed by atoms with Gasteiger partial charge in [-0.15, -0.1) is 0 Å². The highest BCUT2D eigenvalue weighted by Crippen LogP contribution is 2.36. The predicted molar refractivity (Wildman–Crippen MR) is 136 cm³/mol. The SMILES string of the molecule is C=CC1=CC=C(/C(=C/C)C(=C)/C(=C\C(=C/C)C(C(C)=N)=C(C)C)c2ccccn2)CC1. The van der Waals surface area contributed by atoms with Crippen LogP contribution in [0.4, 0.5) is 0 Å². The van der Waals surface area contributed by atoms with E-state index in [2.05, 4.69) is 55.4 Å². The van der Waals surface area contributed by atoms with Crippen LogP contribution in [-0.2, 0) is 0 Å². The topological polar surface area (TPSA) is 36.7 Å². The minimum absolute atomic E-state index is 0.554. The Kier molecular flexibility index (Phi) is 8.69. The molecule has 1 heterocycles. The van der Waals surface area contributed by atoms with Crippen LogP contribution in [0.5, 0.6) is 0 Å². The zero-order valence-corrected chi connectivity index (χ0v) is 19.5. The molecule has 0 radical (unpaired) electrons. The summed E-state index contributed by atoms with van der Waals surface area (Å²) in [5.74, 6) is 0. The van der Waals surface area contributed by atoms with Crippen molar-refractivity contribution in [3.63, 3.8) is 0 Å². The van der Waals surface area contributed by atoms with E-state index in [1.54, 1.807) is 0 Å². The van der Waals surface area contributed by atoms with Gasteiger partial charge in [-0.05, 0) is 93.5 Å². The van der Waals surface area contributed by atoms with Gasteiger partial charge in [-0.2, -0.15) is 0 Å². The average Bonchev–Trinajstić information content (AvgIpc) is 2.77. The van der Waals surface area contributed by atoms with Gasteiger partial charge < -0.3 is 5.41 Å². The maximum atomic E-state index is 8.29. The van der Waals surface area contributed by atoms with Crippen LogP contribution >= 0.6 is 0 Å². The van der Waals surface area contributed by atoms with Gasteiger partial charge in [-0.3, -0.25) is 4.98 Å². The van der Waals surface area contributed by atoms with E-state index in [0.29, 0.717) is 5.71 Å². The van der Waals surface area contributed by atoms with Gasteiger partial charge in [0.15, 0.2) is 0 Å². The third-order valence-electron chi connectivity index (χ3n) is 5.44. The lowest BCUT2D eigenvalue weighted by Gasteiger charge is -2.21. The molecule has 0 unspecified atom stereocenters. The van der Waals surface area contributed by atoms with Crippen LogP contribution in [0.25, 0.3) is 5.57 Å². The summed E-state index contributed by atoms with van der Waals surface area (Å²) in [5, 5.41) is 8.29. The molecule has 0 fully saturated rings. The summed E-state index contributed by atoms with van der Waals surface area (Å²) in [6.45, 7) is 18.4. The number of hydrogen-bond acceptors (Lipinski definition) is 2. The van der Waals surface area contributed by atoms with E-state index in [0.717, 1.165) is 52.0 Å². The Morgan fingerprint density at radius 3 is 2.23 bits per heavy atom. The number of nitrogens with zero attached hydrogens (tertiary/aromatic N) is 1. The molecule has 1 aromatic rings. The number of hydrogen-bond donors (Lipinski definition) is 1. The quantitative estimate of drug-likeness (QED) is 0.341. The van der Waals surface area contributed by atoms with E-state index >= 15 is 0 Å². The van der Waals surface area contributed by atoms with E-state index < -0.39 is 0 Å². The van der Waals surface area contributed by atoms with Crippen LogP contribution in [0.2, 0.25) is 0 Å². The third-order valence-corrected chi connectivity index (χ3v) is 5.44. The highest BCUT2D eigenvalue weighted by molar-refractivity contribution is 6.02. The van der Waals surface area contributed by atoms with Crippen LogP contribution in [0.3, 0.4) is 0 Å². The maximum absolute atomic E-state index is 8.29. The summed E-state index contributed by atoms with van der Waals surface area (Å²) in [6.07, 6.45) is 16.3. The van der Waals surface area contributed by atoms with Crippen molar-refractivity contribution in [2.24, 2.45) is 0 Å². The molecular weight excluding hydrogens is 376 g/mol. The first-order valence-corrected chi connectivity index (χ1v) is 10.7. The van der Waals surface area contributed by atoms with Crippen LogP contribution in [0.1, 0.15) is 53.2 Å². The van der Waals surface area contributed by atoms with E-state index in [1.165, 1.54) is 11.1 Å². The Balaban J connectivity index is 2.63. The second-order valence-corrected chi connectivity index (χ2v) is 7.84. The number of pyridine rings is 1. The molecule has 1 N–H and O–H groups in total. The van der Waals surface area contributed by atoms with Crippen molar-refractivity contribution in [2.75, 3.05) is 0 Å². The lowest BCUT2D eigenvalue weighted by Crippen LogP contribution is -2.04. The highest BCUT2D eigenvalue weighted by Gasteiger charge is 2.18. The zero-order valence-electron chi connectivity index (χ0n) is 19.5. The fourth-order valence-electron chi connectivity index (χ4n) is 3.92. The van der Waals surface area contributed by atoms with Crippen molar-refractivity contribution in [2.45, 2.75) is 47.5 Å². The molecule has 0 spiro atoms. The molecule has 31 heavy (non-hydrogen) atoms. The summed E-state index contributed by atoms with van der Waals surface area (Å²) in [6, 6.07) is 5.93. The van der Waals surface area contributed by atoms with Gasteiger partial charge >= 0.3 is 0 Å². The molecule has 0 amide bonds. The zero-order chi connectivity index (χ0) is 23.0. The predicted octanol–water partition coefficient (Wildman–Crippen LogP) is 8.12. The van der Waals surface area contributed by atoms with Crippen LogP contribution in [-0.4, -0.2) is 10.7 Å². The molecule has 0 atom stereocenters. The first-order valence-electron chi connectivity index (χ1n) is 10.7. The Labute approximate surface area is 188 Å². The molecule has 2 heteroatoms. The van der Waals surface area contributed by atoms with Crippen molar-refractivity contribution in [3.8, 4) is 0 Å². The Morgan fingerprint density at radius 1 is 1.03 bits per heavy atom. The first-order chi connectivity index (χ1) is 14.8. The summed E-state index contributed by atoms with van der Waals surface area (Å²) in [5.41, 5.74) is 10.1. The molecule has 160 valence electrons. The Hall–Kier alpha value is -3.26. The fraction of sp³-hybridized carbons (Fsp3) is 0.241. The molecule has 1 aromatic heterocycles. The van der Waals surface area contributed by atoms with Gasteiger partial charge in [0.1, 0.15) is 0 Å². The molecule has 0 bridgehead atoms. The molecule has 0 saturated heterocycles. The molecule has 2 rings (SSSR count). The number of aromatic nitrogens is 1. The highest BCUT2D eigenvalue weighted by atomic mass is 14.7. The largest absolute Gasteiger partial charge is 0.305 e. The molecule has 2 nitrogen and oxygen atoms in total. The first kappa shape index (κ1) is 24.0. The molecular formula is C29H34N2. The van der Waals surface area contributed by atoms with Crippen LogP contribution < -0.4 is 0 Å². The van der Waals surface area contributed by atoms with Crippen molar-refractivity contribution in [1.29, 1.82) is 5.41 Å². The lowest BCUT2D eigenvalue weighted by atomic mass is 9.84. The van der Waals surface area contributed by atoms with Crippen molar-refractivity contribution >= 4 is 11.3 Å². The Morgan fingerprint density at radius 2 is 1.77 bits per heavy atom. The second-order valence-electron chi connectivity index (χ2n) is 7.84. The molecule has 0 aliphatic heterocycles. The van der Waals surface area contributed by atoms with Gasteiger partial charge in [0.2, 0.25) is 0 Å². The van der Waals surface area contributed by atoms with E-state index in [-0.39, 0.29) is 0 Å². The average molecular weight is 411 g/mol. The second kappa shape index (κ2) is 11.2. The van der Waals surface area contributed by atoms with Crippen LogP contribution in [0, 0.1) is 5.41 Å². The van der Waals surface area contributed by atoms with Gasteiger partial charge in [-0.1, -0.05) is 55.2 Å². The molecule has 0 aromatic carbocycles. The summed E-state index contributed by atoms with van der Waals surface area (Å²) in [4.78, 5) is 4.63. The van der Waals surface area contributed by atoms with E-state index in [9.17, 15) is 0 Å². The maximum Gasteiger partial charge on any atom is 0.0708 e. The van der Waals surface area contributed by atoms with Gasteiger partial charge in [0.05, 0.1) is 5.69 Å². The fourth-order valence-corrected chi connectivity index (χ4v) is 3.92. The van der Waals surface area contributed by atoms with Crippen molar-refractivity contribution in [3.05, 3.63) is 119 Å². The van der Waals surface area contributed by atoms with Gasteiger partial charge in [0, 0.05) is 23.1 Å². The molecule has 1 aliphatic rings. The third kappa shape index (κ3) is 5.88. The number of allylic oxidation sites excluding steroid dienone is 14. The summed E-state index contributed by atoms with van der Waals surface area (Å²) >= 11 is 0. The molecule has 1 aliphatic carbocycles. The van der Waals surface area contributed by atoms with Crippen LogP contribution in [0.15, 0.2) is 113 Å². The number of nitrogens with one attached hydrogen (secondary N) is 1. The van der Waals surface area contributed by atoms with Crippen molar-refractivity contribution in [1.82, 2.24) is 4.98 Å². The summed E-state index contributed by atoms with van der Waals surface area (Å²) < 4.78 is 0. The van der Waals surface area contributed by atoms with E-state index in [4.69, 9.17) is 5.41 Å². The Bertz CT molecular complexity index is 1050. The monoisotopic (exact) mass is 410 g/mol. The minimum atomic E-state index is 0.554.